The Labute approximate surface area is 162 Å². The summed E-state index contributed by atoms with van der Waals surface area (Å²) in [6, 6.07) is 5.89. The van der Waals surface area contributed by atoms with E-state index in [4.69, 9.17) is 0 Å². The van der Waals surface area contributed by atoms with E-state index in [-0.39, 0.29) is 0 Å². The molecule has 2 fully saturated rings. The van der Waals surface area contributed by atoms with E-state index in [0.29, 0.717) is 18.4 Å². The zero-order valence-corrected chi connectivity index (χ0v) is 16.4. The molecule has 0 bridgehead atoms. The van der Waals surface area contributed by atoms with Gasteiger partial charge in [-0.15, -0.1) is 0 Å². The largest absolute Gasteiger partial charge is 0.355 e. The number of aromatic nitrogens is 1. The van der Waals surface area contributed by atoms with Crippen LogP contribution in [0.5, 0.6) is 0 Å². The van der Waals surface area contributed by atoms with Crippen LogP contribution >= 0.6 is 0 Å². The average molecular weight is 373 g/mol. The average Bonchev–Trinajstić information content (AvgIpc) is 3.26. The molecule has 1 aliphatic carbocycles. The van der Waals surface area contributed by atoms with Gasteiger partial charge in [0.15, 0.2) is 5.96 Å². The van der Waals surface area contributed by atoms with Crippen LogP contribution in [-0.2, 0) is 11.3 Å². The summed E-state index contributed by atoms with van der Waals surface area (Å²) in [6.07, 6.45) is 6.42. The van der Waals surface area contributed by atoms with Crippen LogP contribution in [-0.4, -0.2) is 73.0 Å². The number of rotatable bonds is 6. The van der Waals surface area contributed by atoms with Crippen molar-refractivity contribution >= 4 is 11.9 Å². The maximum atomic E-state index is 12.5. The van der Waals surface area contributed by atoms with Gasteiger partial charge in [0.05, 0.1) is 12.2 Å². The van der Waals surface area contributed by atoms with Gasteiger partial charge in [0.2, 0.25) is 5.91 Å². The molecule has 3 rings (SSSR count). The Kier molecular flexibility index (Phi) is 7.45. The first kappa shape index (κ1) is 19.6. The van der Waals surface area contributed by atoms with Gasteiger partial charge in [0.1, 0.15) is 0 Å². The normalized spacial score (nSPS) is 19.3. The smallest absolute Gasteiger partial charge is 0.225 e. The monoisotopic (exact) mass is 372 g/mol. The van der Waals surface area contributed by atoms with E-state index < -0.39 is 0 Å². The fourth-order valence-corrected chi connectivity index (χ4v) is 3.85. The molecular formula is C20H32N6O. The molecule has 1 amide bonds. The Morgan fingerprint density at radius 2 is 1.96 bits per heavy atom. The highest BCUT2D eigenvalue weighted by Gasteiger charge is 2.29. The van der Waals surface area contributed by atoms with E-state index in [9.17, 15) is 4.79 Å². The van der Waals surface area contributed by atoms with Gasteiger partial charge < -0.3 is 15.5 Å². The van der Waals surface area contributed by atoms with Crippen molar-refractivity contribution in [2.75, 3.05) is 46.3 Å². The number of carbonyl (C=O) groups excluding carboxylic acids is 1. The first-order valence-corrected chi connectivity index (χ1v) is 10.1. The molecule has 7 heteroatoms. The molecule has 148 valence electrons. The van der Waals surface area contributed by atoms with E-state index >= 15 is 0 Å². The van der Waals surface area contributed by atoms with Gasteiger partial charge >= 0.3 is 0 Å². The lowest BCUT2D eigenvalue weighted by Gasteiger charge is -2.36. The topological polar surface area (TPSA) is 72.9 Å². The van der Waals surface area contributed by atoms with E-state index in [2.05, 4.69) is 30.4 Å². The minimum absolute atomic E-state index is 0.298. The minimum atomic E-state index is 0.298. The first-order valence-electron chi connectivity index (χ1n) is 10.1. The van der Waals surface area contributed by atoms with Crippen molar-refractivity contribution < 1.29 is 4.79 Å². The summed E-state index contributed by atoms with van der Waals surface area (Å²) in [7, 11) is 1.78. The highest BCUT2D eigenvalue weighted by Crippen LogP contribution is 2.26. The molecule has 7 nitrogen and oxygen atoms in total. The molecule has 2 N–H and O–H groups in total. The second-order valence-electron chi connectivity index (χ2n) is 7.32. The predicted molar refractivity (Wildman–Crippen MR) is 107 cm³/mol. The number of guanidine groups is 1. The molecule has 1 saturated heterocycles. The van der Waals surface area contributed by atoms with Crippen molar-refractivity contribution in [1.29, 1.82) is 0 Å². The molecule has 0 aromatic carbocycles. The number of nitrogens with one attached hydrogen (secondary N) is 2. The van der Waals surface area contributed by atoms with Gasteiger partial charge in [-0.1, -0.05) is 18.9 Å². The molecule has 1 saturated carbocycles. The molecule has 1 aromatic rings. The van der Waals surface area contributed by atoms with Crippen LogP contribution in [0.15, 0.2) is 29.4 Å². The molecule has 0 spiro atoms. The lowest BCUT2D eigenvalue weighted by Crippen LogP contribution is -2.51. The zero-order chi connectivity index (χ0) is 18.9. The molecule has 0 atom stereocenters. The van der Waals surface area contributed by atoms with Gasteiger partial charge in [-0.05, 0) is 25.0 Å². The summed E-state index contributed by atoms with van der Waals surface area (Å²) < 4.78 is 0. The Bertz CT molecular complexity index is 606. The molecule has 1 aromatic heterocycles. The SMILES string of the molecule is CN=C(NCCN1CCN(C(=O)C2CCCC2)CC1)NCc1ccccn1. The summed E-state index contributed by atoms with van der Waals surface area (Å²) in [5, 5.41) is 6.64. The van der Waals surface area contributed by atoms with Crippen molar-refractivity contribution in [2.24, 2.45) is 10.9 Å². The lowest BCUT2D eigenvalue weighted by atomic mass is 10.1. The summed E-state index contributed by atoms with van der Waals surface area (Å²) in [6.45, 7) is 6.08. The number of carbonyl (C=O) groups is 1. The summed E-state index contributed by atoms with van der Waals surface area (Å²) >= 11 is 0. The molecule has 2 heterocycles. The van der Waals surface area contributed by atoms with E-state index in [1.165, 1.54) is 12.8 Å². The number of hydrogen-bond donors (Lipinski definition) is 2. The summed E-state index contributed by atoms with van der Waals surface area (Å²) in [5.74, 6) is 1.48. The lowest BCUT2D eigenvalue weighted by molar-refractivity contribution is -0.137. The Morgan fingerprint density at radius 1 is 1.19 bits per heavy atom. The third kappa shape index (κ3) is 5.92. The molecule has 0 unspecified atom stereocenters. The maximum Gasteiger partial charge on any atom is 0.225 e. The Balaban J connectivity index is 1.31. The number of aliphatic imine (C=N–C) groups is 1. The van der Waals surface area contributed by atoms with Crippen LogP contribution in [0, 0.1) is 5.92 Å². The van der Waals surface area contributed by atoms with Crippen LogP contribution in [0.4, 0.5) is 0 Å². The number of hydrogen-bond acceptors (Lipinski definition) is 4. The third-order valence-corrected chi connectivity index (χ3v) is 5.50. The predicted octanol–water partition coefficient (Wildman–Crippen LogP) is 1.08. The fourth-order valence-electron chi connectivity index (χ4n) is 3.85. The molecule has 0 radical (unpaired) electrons. The van der Waals surface area contributed by atoms with Crippen LogP contribution in [0.1, 0.15) is 31.4 Å². The highest BCUT2D eigenvalue weighted by molar-refractivity contribution is 5.79. The van der Waals surface area contributed by atoms with Crippen molar-refractivity contribution in [3.05, 3.63) is 30.1 Å². The van der Waals surface area contributed by atoms with Crippen LogP contribution in [0.2, 0.25) is 0 Å². The van der Waals surface area contributed by atoms with Crippen LogP contribution in [0.3, 0.4) is 0 Å². The number of pyridine rings is 1. The van der Waals surface area contributed by atoms with Crippen LogP contribution in [0.25, 0.3) is 0 Å². The third-order valence-electron chi connectivity index (χ3n) is 5.50. The van der Waals surface area contributed by atoms with Gasteiger partial charge in [0, 0.05) is 58.4 Å². The maximum absolute atomic E-state index is 12.5. The summed E-state index contributed by atoms with van der Waals surface area (Å²) in [4.78, 5) is 25.6. The Morgan fingerprint density at radius 3 is 2.63 bits per heavy atom. The quantitative estimate of drug-likeness (QED) is 0.578. The van der Waals surface area contributed by atoms with Crippen LogP contribution < -0.4 is 10.6 Å². The molecule has 27 heavy (non-hydrogen) atoms. The van der Waals surface area contributed by atoms with Gasteiger partial charge in [-0.2, -0.15) is 0 Å². The standard InChI is InChI=1S/C20H32N6O/c1-21-20(24-16-18-8-4-5-9-22-18)23-10-11-25-12-14-26(15-13-25)19(27)17-6-2-3-7-17/h4-5,8-9,17H,2-3,6-7,10-16H2,1H3,(H2,21,23,24). The molecule has 1 aliphatic heterocycles. The number of piperazine rings is 1. The summed E-state index contributed by atoms with van der Waals surface area (Å²) in [5.41, 5.74) is 0.989. The molecular weight excluding hydrogens is 340 g/mol. The zero-order valence-electron chi connectivity index (χ0n) is 16.4. The van der Waals surface area contributed by atoms with Crippen molar-refractivity contribution in [1.82, 2.24) is 25.4 Å². The minimum Gasteiger partial charge on any atom is -0.355 e. The first-order chi connectivity index (χ1) is 13.3. The number of nitrogens with zero attached hydrogens (tertiary/aromatic N) is 4. The van der Waals surface area contributed by atoms with E-state index in [1.807, 2.05) is 18.2 Å². The molecule has 2 aliphatic rings. The van der Waals surface area contributed by atoms with Gasteiger partial charge in [0.25, 0.3) is 0 Å². The van der Waals surface area contributed by atoms with Gasteiger partial charge in [-0.3, -0.25) is 19.7 Å². The fraction of sp³-hybridized carbons (Fsp3) is 0.650. The Hall–Kier alpha value is -2.15. The van der Waals surface area contributed by atoms with E-state index in [1.54, 1.807) is 13.2 Å². The van der Waals surface area contributed by atoms with Gasteiger partial charge in [-0.25, -0.2) is 0 Å². The van der Waals surface area contributed by atoms with Crippen molar-refractivity contribution in [3.8, 4) is 0 Å². The highest BCUT2D eigenvalue weighted by atomic mass is 16.2. The second-order valence-corrected chi connectivity index (χ2v) is 7.32. The van der Waals surface area contributed by atoms with Crippen molar-refractivity contribution in [2.45, 2.75) is 32.2 Å². The van der Waals surface area contributed by atoms with Crippen molar-refractivity contribution in [3.63, 3.8) is 0 Å². The second kappa shape index (κ2) is 10.3. The van der Waals surface area contributed by atoms with E-state index in [0.717, 1.165) is 63.8 Å². The number of amides is 1.